The largest absolute Gasteiger partial charge is 0.466 e. The Morgan fingerprint density at radius 3 is 2.52 bits per heavy atom. The van der Waals surface area contributed by atoms with Gasteiger partial charge in [-0.05, 0) is 20.8 Å². The summed E-state index contributed by atoms with van der Waals surface area (Å²) in [5, 5.41) is 12.7. The lowest BCUT2D eigenvalue weighted by molar-refractivity contribution is -0.244. The Morgan fingerprint density at radius 2 is 1.92 bits per heavy atom. The number of amides is 1. The summed E-state index contributed by atoms with van der Waals surface area (Å²) in [5.74, 6) is -1.89. The third kappa shape index (κ3) is 4.89. The predicted octanol–water partition coefficient (Wildman–Crippen LogP) is -0.303. The fourth-order valence-electron chi connectivity index (χ4n) is 3.04. The van der Waals surface area contributed by atoms with Crippen LogP contribution in [0.3, 0.4) is 0 Å². The highest BCUT2D eigenvalue weighted by atomic mass is 16.8. The van der Waals surface area contributed by atoms with Gasteiger partial charge in [-0.2, -0.15) is 0 Å². The van der Waals surface area contributed by atoms with E-state index in [0.29, 0.717) is 0 Å². The molecule has 9 heteroatoms. The molecule has 2 fully saturated rings. The molecule has 144 valence electrons. The topological polar surface area (TPSA) is 113 Å². The van der Waals surface area contributed by atoms with E-state index in [1.54, 1.807) is 20.8 Å². The Hall–Kier alpha value is -1.26. The maximum Gasteiger partial charge on any atom is 0.302 e. The summed E-state index contributed by atoms with van der Waals surface area (Å²) >= 11 is 0. The number of esters is 1. The van der Waals surface area contributed by atoms with Gasteiger partial charge in [0.1, 0.15) is 18.3 Å². The molecule has 0 aliphatic carbocycles. The quantitative estimate of drug-likeness (QED) is 0.620. The van der Waals surface area contributed by atoms with Gasteiger partial charge in [-0.3, -0.25) is 9.59 Å². The van der Waals surface area contributed by atoms with Gasteiger partial charge in [0.2, 0.25) is 5.91 Å². The highest BCUT2D eigenvalue weighted by molar-refractivity contribution is 5.81. The van der Waals surface area contributed by atoms with E-state index in [-0.39, 0.29) is 13.0 Å². The highest BCUT2D eigenvalue weighted by Crippen LogP contribution is 2.37. The monoisotopic (exact) mass is 361 g/mol. The van der Waals surface area contributed by atoms with Gasteiger partial charge in [0, 0.05) is 20.5 Å². The lowest BCUT2D eigenvalue weighted by Crippen LogP contribution is -2.63. The van der Waals surface area contributed by atoms with Crippen molar-refractivity contribution in [2.24, 2.45) is 0 Å². The maximum absolute atomic E-state index is 12.2. The third-order valence-corrected chi connectivity index (χ3v) is 4.18. The molecule has 2 aliphatic rings. The maximum atomic E-state index is 12.2. The predicted molar refractivity (Wildman–Crippen MR) is 84.4 cm³/mol. The van der Waals surface area contributed by atoms with E-state index in [9.17, 15) is 14.7 Å². The Balaban J connectivity index is 1.99. The zero-order chi connectivity index (χ0) is 18.8. The van der Waals surface area contributed by atoms with Crippen LogP contribution in [0.15, 0.2) is 0 Å². The highest BCUT2D eigenvalue weighted by Gasteiger charge is 2.55. The van der Waals surface area contributed by atoms with Crippen molar-refractivity contribution in [2.45, 2.75) is 76.7 Å². The average molecular weight is 361 g/mol. The van der Waals surface area contributed by atoms with Gasteiger partial charge in [-0.15, -0.1) is 0 Å². The smallest absolute Gasteiger partial charge is 0.302 e. The van der Waals surface area contributed by atoms with Crippen molar-refractivity contribution < 1.29 is 38.4 Å². The van der Waals surface area contributed by atoms with Gasteiger partial charge >= 0.3 is 5.97 Å². The molecule has 2 N–H and O–H groups in total. The second-order valence-corrected chi connectivity index (χ2v) is 6.69. The Morgan fingerprint density at radius 1 is 1.28 bits per heavy atom. The number of fused-ring (bicyclic) bond motifs is 1. The van der Waals surface area contributed by atoms with Crippen molar-refractivity contribution in [3.63, 3.8) is 0 Å². The number of aliphatic hydroxyl groups excluding tert-OH is 1. The van der Waals surface area contributed by atoms with Crippen LogP contribution in [-0.4, -0.2) is 73.2 Å². The van der Waals surface area contributed by atoms with Crippen LogP contribution in [0.2, 0.25) is 0 Å². The van der Waals surface area contributed by atoms with Crippen molar-refractivity contribution in [3.8, 4) is 0 Å². The van der Waals surface area contributed by atoms with Crippen LogP contribution in [0.4, 0.5) is 0 Å². The second kappa shape index (κ2) is 7.96. The first kappa shape index (κ1) is 20.1. The molecule has 0 unspecified atom stereocenters. The van der Waals surface area contributed by atoms with Crippen molar-refractivity contribution in [1.29, 1.82) is 0 Å². The number of carbonyl (C=O) groups excluding carboxylic acids is 2. The third-order valence-electron chi connectivity index (χ3n) is 4.18. The normalized spacial score (nSPS) is 34.9. The molecular weight excluding hydrogens is 334 g/mol. The van der Waals surface area contributed by atoms with Crippen molar-refractivity contribution >= 4 is 11.9 Å². The summed E-state index contributed by atoms with van der Waals surface area (Å²) in [4.78, 5) is 23.0. The van der Waals surface area contributed by atoms with E-state index in [4.69, 9.17) is 23.7 Å². The Bertz CT molecular complexity index is 497. The summed E-state index contributed by atoms with van der Waals surface area (Å²) in [7, 11) is 1.51. The number of hydrogen-bond donors (Lipinski definition) is 2. The summed E-state index contributed by atoms with van der Waals surface area (Å²) in [6, 6.07) is -0.519. The van der Waals surface area contributed by atoms with Gasteiger partial charge in [0.25, 0.3) is 0 Å². The summed E-state index contributed by atoms with van der Waals surface area (Å²) < 4.78 is 27.5. The molecule has 9 nitrogen and oxygen atoms in total. The fraction of sp³-hybridized carbons (Fsp3) is 0.875. The molecule has 0 spiro atoms. The average Bonchev–Trinajstić information content (AvgIpc) is 2.84. The van der Waals surface area contributed by atoms with Gasteiger partial charge in [-0.1, -0.05) is 0 Å². The molecule has 6 atom stereocenters. The van der Waals surface area contributed by atoms with E-state index >= 15 is 0 Å². The van der Waals surface area contributed by atoms with Crippen molar-refractivity contribution in [1.82, 2.24) is 5.32 Å². The zero-order valence-corrected chi connectivity index (χ0v) is 15.2. The minimum Gasteiger partial charge on any atom is -0.466 e. The molecule has 0 aromatic heterocycles. The molecule has 0 radical (unpaired) electrons. The van der Waals surface area contributed by atoms with Crippen LogP contribution in [0.25, 0.3) is 0 Å². The summed E-state index contributed by atoms with van der Waals surface area (Å²) in [6.07, 6.45) is -3.30. The summed E-state index contributed by atoms with van der Waals surface area (Å²) in [6.45, 7) is 6.56. The summed E-state index contributed by atoms with van der Waals surface area (Å²) in [5.41, 5.74) is 0. The van der Waals surface area contributed by atoms with Crippen molar-refractivity contribution in [3.05, 3.63) is 0 Å². The van der Waals surface area contributed by atoms with Crippen LogP contribution in [-0.2, 0) is 33.3 Å². The van der Waals surface area contributed by atoms with E-state index in [1.807, 2.05) is 0 Å². The van der Waals surface area contributed by atoms with Crippen LogP contribution < -0.4 is 5.32 Å². The Kier molecular flexibility index (Phi) is 6.39. The van der Waals surface area contributed by atoms with Gasteiger partial charge in [-0.25, -0.2) is 0 Å². The number of methoxy groups -OCH3 is 1. The van der Waals surface area contributed by atoms with E-state index in [1.165, 1.54) is 14.0 Å². The number of ether oxygens (including phenoxy) is 5. The lowest BCUT2D eigenvalue weighted by Gasteiger charge is -2.40. The van der Waals surface area contributed by atoms with Gasteiger partial charge in [0.15, 0.2) is 12.1 Å². The lowest BCUT2D eigenvalue weighted by atomic mass is 9.96. The minimum absolute atomic E-state index is 0.00497. The minimum atomic E-state index is -1.31. The van der Waals surface area contributed by atoms with E-state index in [2.05, 4.69) is 5.32 Å². The molecule has 2 saturated heterocycles. The molecule has 2 heterocycles. The number of rotatable bonds is 6. The molecule has 0 aromatic carbocycles. The van der Waals surface area contributed by atoms with Crippen LogP contribution >= 0.6 is 0 Å². The molecule has 0 saturated carbocycles. The molecule has 0 aromatic rings. The SMILES string of the molecule is CO[C@H]1O[C@H](C)[C@@H](NC(=O)[C@@H](O)CCOC(C)=O)[C@@H]2OC(C)(C)O[C@H]12. The van der Waals surface area contributed by atoms with Crippen LogP contribution in [0.5, 0.6) is 0 Å². The molecule has 25 heavy (non-hydrogen) atoms. The standard InChI is InChI=1S/C16H27NO8/c1-8-11(17-14(20)10(19)6-7-22-9(2)18)12-13(15(21-5)23-8)25-16(3,4)24-12/h8,10-13,15,19H,6-7H2,1-5H3,(H,17,20)/t8-,10+,11-,12+,13+,15+/m1/s1. The number of nitrogens with one attached hydrogen (secondary N) is 1. The molecule has 1 amide bonds. The molecule has 2 rings (SSSR count). The molecule has 2 aliphatic heterocycles. The second-order valence-electron chi connectivity index (χ2n) is 6.69. The molecular formula is C16H27NO8. The number of carbonyl (C=O) groups is 2. The van der Waals surface area contributed by atoms with Crippen LogP contribution in [0, 0.1) is 0 Å². The Labute approximate surface area is 146 Å². The van der Waals surface area contributed by atoms with Crippen LogP contribution in [0.1, 0.15) is 34.1 Å². The van der Waals surface area contributed by atoms with Gasteiger partial charge < -0.3 is 34.1 Å². The van der Waals surface area contributed by atoms with E-state index < -0.39 is 54.4 Å². The first-order chi connectivity index (χ1) is 11.6. The van der Waals surface area contributed by atoms with E-state index in [0.717, 1.165) is 0 Å². The van der Waals surface area contributed by atoms with Gasteiger partial charge in [0.05, 0.1) is 18.8 Å². The zero-order valence-electron chi connectivity index (χ0n) is 15.2. The van der Waals surface area contributed by atoms with Crippen molar-refractivity contribution in [2.75, 3.05) is 13.7 Å². The number of hydrogen-bond acceptors (Lipinski definition) is 8. The first-order valence-electron chi connectivity index (χ1n) is 8.30. The fourth-order valence-corrected chi connectivity index (χ4v) is 3.04. The first-order valence-corrected chi connectivity index (χ1v) is 8.30. The molecule has 0 bridgehead atoms. The number of aliphatic hydroxyl groups is 1.